The summed E-state index contributed by atoms with van der Waals surface area (Å²) >= 11 is 0. The topological polar surface area (TPSA) is 107 Å². The molecule has 1 heterocycles. The van der Waals surface area contributed by atoms with Crippen molar-refractivity contribution < 1.29 is 29.3 Å². The third kappa shape index (κ3) is 2.91. The normalized spacial score (nSPS) is 39.4. The van der Waals surface area contributed by atoms with Crippen LogP contribution >= 0.6 is 7.60 Å². The molecule has 1 rings (SSSR count). The van der Waals surface area contributed by atoms with Gasteiger partial charge in [0.05, 0.1) is 6.00 Å². The maximum atomic E-state index is 10.5. The minimum absolute atomic E-state index is 0.545. The first-order valence-electron chi connectivity index (χ1n) is 4.07. The molecule has 0 aliphatic carbocycles. The molecule has 2 unspecified atom stereocenters. The standard InChI is InChI=1S/C6H12BO6P/c7-6-5(9)4(8)3(13-6)1-2-14(10,11)12/h1-6,8-9H,7H2,(H2,10,11,12)/b2-1+/t3-,4?,5?,6-/m1/s1. The molecular weight excluding hydrogens is 210 g/mol. The zero-order valence-electron chi connectivity index (χ0n) is 7.52. The molecule has 80 valence electrons. The minimum atomic E-state index is -4.24. The number of aliphatic hydroxyl groups excluding tert-OH is 2. The second-order valence-corrected chi connectivity index (χ2v) is 4.69. The second kappa shape index (κ2) is 4.14. The Hall–Kier alpha value is -0.165. The highest BCUT2D eigenvalue weighted by atomic mass is 31.2. The zero-order valence-corrected chi connectivity index (χ0v) is 8.41. The van der Waals surface area contributed by atoms with Gasteiger partial charge in [-0.25, -0.2) is 0 Å². The molecule has 0 saturated carbocycles. The van der Waals surface area contributed by atoms with Gasteiger partial charge in [0.15, 0.2) is 0 Å². The molecule has 14 heavy (non-hydrogen) atoms. The molecule has 1 aliphatic heterocycles. The number of rotatable bonds is 2. The third-order valence-electron chi connectivity index (χ3n) is 2.01. The first kappa shape index (κ1) is 11.9. The van der Waals surface area contributed by atoms with Crippen molar-refractivity contribution in [2.75, 3.05) is 0 Å². The monoisotopic (exact) mass is 222 g/mol. The van der Waals surface area contributed by atoms with Gasteiger partial charge in [-0.1, -0.05) is 0 Å². The van der Waals surface area contributed by atoms with Crippen LogP contribution in [0.25, 0.3) is 0 Å². The van der Waals surface area contributed by atoms with Crippen LogP contribution in [-0.2, 0) is 9.30 Å². The fourth-order valence-electron chi connectivity index (χ4n) is 1.24. The van der Waals surface area contributed by atoms with Gasteiger partial charge in [0.2, 0.25) is 0 Å². The van der Waals surface area contributed by atoms with Gasteiger partial charge in [-0.2, -0.15) is 0 Å². The largest absolute Gasteiger partial charge is 0.388 e. The molecule has 0 spiro atoms. The van der Waals surface area contributed by atoms with Crippen molar-refractivity contribution in [3.8, 4) is 0 Å². The van der Waals surface area contributed by atoms with Crippen LogP contribution < -0.4 is 0 Å². The predicted molar refractivity (Wildman–Crippen MR) is 50.4 cm³/mol. The van der Waals surface area contributed by atoms with E-state index >= 15 is 0 Å². The summed E-state index contributed by atoms with van der Waals surface area (Å²) in [5, 5.41) is 18.6. The van der Waals surface area contributed by atoms with Crippen molar-refractivity contribution in [2.45, 2.75) is 24.3 Å². The summed E-state index contributed by atoms with van der Waals surface area (Å²) in [4.78, 5) is 17.0. The second-order valence-electron chi connectivity index (χ2n) is 3.22. The molecule has 0 aromatic rings. The van der Waals surface area contributed by atoms with E-state index in [1.54, 1.807) is 7.85 Å². The van der Waals surface area contributed by atoms with Gasteiger partial charge in [0.25, 0.3) is 0 Å². The molecule has 0 aromatic heterocycles. The molecular formula is C6H12BO6P. The van der Waals surface area contributed by atoms with Gasteiger partial charge < -0.3 is 24.7 Å². The van der Waals surface area contributed by atoms with Crippen LogP contribution in [-0.4, -0.2) is 52.2 Å². The lowest BCUT2D eigenvalue weighted by Gasteiger charge is -2.10. The average Bonchev–Trinajstić information content (AvgIpc) is 2.28. The summed E-state index contributed by atoms with van der Waals surface area (Å²) in [5.74, 6) is 0.658. The maximum Gasteiger partial charge on any atom is 0.348 e. The fourth-order valence-corrected chi connectivity index (χ4v) is 1.63. The fraction of sp³-hybridized carbons (Fsp3) is 0.667. The molecule has 1 aliphatic rings. The van der Waals surface area contributed by atoms with Crippen LogP contribution in [0, 0.1) is 0 Å². The van der Waals surface area contributed by atoms with Crippen molar-refractivity contribution in [1.82, 2.24) is 0 Å². The summed E-state index contributed by atoms with van der Waals surface area (Å²) in [7, 11) is -2.67. The highest BCUT2D eigenvalue weighted by Gasteiger charge is 2.38. The van der Waals surface area contributed by atoms with Crippen molar-refractivity contribution in [3.05, 3.63) is 11.9 Å². The summed E-state index contributed by atoms with van der Waals surface area (Å²) in [6.07, 6.45) is -1.97. The first-order valence-corrected chi connectivity index (χ1v) is 5.75. The van der Waals surface area contributed by atoms with Crippen molar-refractivity contribution >= 4 is 15.4 Å². The molecule has 6 nitrogen and oxygen atoms in total. The molecule has 4 atom stereocenters. The van der Waals surface area contributed by atoms with Gasteiger partial charge in [-0.15, -0.1) is 0 Å². The molecule has 0 bridgehead atoms. The molecule has 0 aromatic carbocycles. The van der Waals surface area contributed by atoms with Crippen molar-refractivity contribution in [2.24, 2.45) is 0 Å². The highest BCUT2D eigenvalue weighted by Crippen LogP contribution is 2.37. The van der Waals surface area contributed by atoms with Gasteiger partial charge in [0.1, 0.15) is 26.2 Å². The van der Waals surface area contributed by atoms with E-state index in [0.717, 1.165) is 6.08 Å². The van der Waals surface area contributed by atoms with E-state index in [9.17, 15) is 14.8 Å². The summed E-state index contributed by atoms with van der Waals surface area (Å²) in [5.41, 5.74) is 0. The Kier molecular flexibility index (Phi) is 3.52. The lowest BCUT2D eigenvalue weighted by molar-refractivity contribution is 0.0413. The van der Waals surface area contributed by atoms with Crippen LogP contribution in [0.1, 0.15) is 0 Å². The summed E-state index contributed by atoms with van der Waals surface area (Å²) in [6, 6.07) is -0.545. The van der Waals surface area contributed by atoms with E-state index in [1.165, 1.54) is 0 Å². The molecule has 0 radical (unpaired) electrons. The third-order valence-corrected chi connectivity index (χ3v) is 2.57. The van der Waals surface area contributed by atoms with Gasteiger partial charge in [-0.3, -0.25) is 4.57 Å². The number of hydrogen-bond donors (Lipinski definition) is 4. The Morgan fingerprint density at radius 1 is 1.29 bits per heavy atom. The lowest BCUT2D eigenvalue weighted by Crippen LogP contribution is -2.31. The Morgan fingerprint density at radius 3 is 2.21 bits per heavy atom. The average molecular weight is 222 g/mol. The van der Waals surface area contributed by atoms with E-state index in [2.05, 4.69) is 0 Å². The van der Waals surface area contributed by atoms with Gasteiger partial charge in [-0.05, 0) is 6.08 Å². The lowest BCUT2D eigenvalue weighted by atomic mass is 9.93. The Bertz CT molecular complexity index is 275. The zero-order chi connectivity index (χ0) is 10.9. The Balaban J connectivity index is 2.64. The molecule has 8 heteroatoms. The molecule has 1 saturated heterocycles. The summed E-state index contributed by atoms with van der Waals surface area (Å²) < 4.78 is 15.5. The Morgan fingerprint density at radius 2 is 1.86 bits per heavy atom. The van der Waals surface area contributed by atoms with Crippen molar-refractivity contribution in [3.63, 3.8) is 0 Å². The molecule has 1 fully saturated rings. The van der Waals surface area contributed by atoms with E-state index in [4.69, 9.17) is 14.5 Å². The van der Waals surface area contributed by atoms with Crippen LogP contribution in [0.2, 0.25) is 0 Å². The smallest absolute Gasteiger partial charge is 0.348 e. The Labute approximate surface area is 81.8 Å². The van der Waals surface area contributed by atoms with E-state index < -0.39 is 31.9 Å². The number of ether oxygens (including phenoxy) is 1. The predicted octanol–water partition coefficient (Wildman–Crippen LogP) is -2.24. The van der Waals surface area contributed by atoms with Crippen molar-refractivity contribution in [1.29, 1.82) is 0 Å². The van der Waals surface area contributed by atoms with Crippen LogP contribution in [0.3, 0.4) is 0 Å². The SMILES string of the molecule is B[C@@H]1O[C@H](/C=C/P(=O)(O)O)C(O)C1O. The van der Waals surface area contributed by atoms with Crippen LogP contribution in [0.15, 0.2) is 11.9 Å². The minimum Gasteiger partial charge on any atom is -0.388 e. The van der Waals surface area contributed by atoms with Crippen LogP contribution in [0.5, 0.6) is 0 Å². The van der Waals surface area contributed by atoms with Gasteiger partial charge >= 0.3 is 7.60 Å². The quantitative estimate of drug-likeness (QED) is 0.310. The van der Waals surface area contributed by atoms with E-state index in [0.29, 0.717) is 5.82 Å². The molecule has 4 N–H and O–H groups in total. The van der Waals surface area contributed by atoms with Crippen LogP contribution in [0.4, 0.5) is 0 Å². The maximum absolute atomic E-state index is 10.5. The number of hydrogen-bond acceptors (Lipinski definition) is 4. The number of aliphatic hydroxyl groups is 2. The highest BCUT2D eigenvalue weighted by molar-refractivity contribution is 7.55. The van der Waals surface area contributed by atoms with Gasteiger partial charge in [0, 0.05) is 5.82 Å². The molecule has 0 amide bonds. The van der Waals surface area contributed by atoms with E-state index in [-0.39, 0.29) is 0 Å². The van der Waals surface area contributed by atoms with E-state index in [1.807, 2.05) is 0 Å². The summed E-state index contributed by atoms with van der Waals surface area (Å²) in [6.45, 7) is 0. The first-order chi connectivity index (χ1) is 6.31.